The van der Waals surface area contributed by atoms with Gasteiger partial charge in [0, 0.05) is 34.1 Å². The molecule has 0 aromatic carbocycles. The molecule has 0 radical (unpaired) electrons. The molecule has 0 N–H and O–H groups in total. The molecule has 0 aromatic rings. The van der Waals surface area contributed by atoms with Crippen LogP contribution in [0.15, 0.2) is 0 Å². The number of hydrogen-bond donors (Lipinski definition) is 0. The summed E-state index contributed by atoms with van der Waals surface area (Å²) >= 11 is 7.52. The third-order valence-electron chi connectivity index (χ3n) is 0.0185. The Labute approximate surface area is 80.8 Å². The van der Waals surface area contributed by atoms with Gasteiger partial charge in [-0.15, -0.1) is 0 Å². The number of hydrogen-bond acceptors (Lipinski definition) is 2. The van der Waals surface area contributed by atoms with E-state index in [0.717, 1.165) is 0 Å². The van der Waals surface area contributed by atoms with Gasteiger partial charge in [0.1, 0.15) is 0 Å². The van der Waals surface area contributed by atoms with E-state index in [1.807, 2.05) is 0 Å². The SMILES string of the molecule is [Co][S][S][Co].[Fe].[Fe]. The Morgan fingerprint density at radius 3 is 1.00 bits per heavy atom. The molecule has 0 fully saturated rings. The molecule has 0 aromatic heterocycles. The summed E-state index contributed by atoms with van der Waals surface area (Å²) in [5.41, 5.74) is 0. The van der Waals surface area contributed by atoms with Gasteiger partial charge in [-0.3, -0.25) is 0 Å². The molecule has 0 aliphatic heterocycles. The molecule has 0 spiro atoms. The maximum Gasteiger partial charge on any atom is 0 e. The molecular formula is Co2Fe2S2. The molecule has 0 saturated heterocycles. The van der Waals surface area contributed by atoms with E-state index in [9.17, 15) is 0 Å². The fourth-order valence-electron chi connectivity index (χ4n) is 0. The molecule has 0 nitrogen and oxygen atoms in total. The standard InChI is InChI=1S/2Co.2Fe.S2/c;;;;1-2/q2*+1;;;-2. The first-order valence-electron chi connectivity index (χ1n) is 0.439. The summed E-state index contributed by atoms with van der Waals surface area (Å²) in [5, 5.41) is 0. The van der Waals surface area contributed by atoms with Gasteiger partial charge in [0.05, 0.1) is 0 Å². The maximum absolute atomic E-state index is 3.76. The zero-order valence-electron chi connectivity index (χ0n) is 2.19. The monoisotopic (exact) mass is 294 g/mol. The summed E-state index contributed by atoms with van der Waals surface area (Å²) < 4.78 is 0. The van der Waals surface area contributed by atoms with Gasteiger partial charge in [-0.05, 0) is 0 Å². The van der Waals surface area contributed by atoms with Crippen molar-refractivity contribution in [3.05, 3.63) is 0 Å². The molecule has 6 heavy (non-hydrogen) atoms. The largest absolute Gasteiger partial charge is 0 e. The van der Waals surface area contributed by atoms with Crippen LogP contribution in [0.2, 0.25) is 0 Å². The minimum atomic E-state index is 0. The van der Waals surface area contributed by atoms with Crippen molar-refractivity contribution in [1.29, 1.82) is 0 Å². The summed E-state index contributed by atoms with van der Waals surface area (Å²) in [6.45, 7) is 0. The van der Waals surface area contributed by atoms with Gasteiger partial charge < -0.3 is 0 Å². The zero-order valence-corrected chi connectivity index (χ0v) is 8.11. The minimum Gasteiger partial charge on any atom is 0 e. The zero-order chi connectivity index (χ0) is 3.41. The summed E-state index contributed by atoms with van der Waals surface area (Å²) in [6.07, 6.45) is 0. The van der Waals surface area contributed by atoms with Crippen LogP contribution in [0, 0.1) is 0 Å². The van der Waals surface area contributed by atoms with Crippen molar-refractivity contribution in [2.24, 2.45) is 0 Å². The van der Waals surface area contributed by atoms with Crippen LogP contribution < -0.4 is 0 Å². The first-order chi connectivity index (χ1) is 1.91. The summed E-state index contributed by atoms with van der Waals surface area (Å²) in [5.74, 6) is 0. The molecule has 0 amide bonds. The van der Waals surface area contributed by atoms with E-state index in [2.05, 4.69) is 29.3 Å². The molecule has 0 aliphatic carbocycles. The van der Waals surface area contributed by atoms with Crippen molar-refractivity contribution < 1.29 is 63.4 Å². The molecule has 0 saturated carbocycles. The van der Waals surface area contributed by atoms with Crippen molar-refractivity contribution in [2.75, 3.05) is 0 Å². The second-order valence-electron chi connectivity index (χ2n) is 0.111. The Morgan fingerprint density at radius 2 is 1.00 bits per heavy atom. The van der Waals surface area contributed by atoms with E-state index < -0.39 is 0 Å². The molecule has 0 unspecified atom stereocenters. The van der Waals surface area contributed by atoms with Gasteiger partial charge in [0.15, 0.2) is 0 Å². The van der Waals surface area contributed by atoms with E-state index in [0.29, 0.717) is 0 Å². The first kappa shape index (κ1) is 15.9. The van der Waals surface area contributed by atoms with Gasteiger partial charge >= 0.3 is 47.8 Å². The fourth-order valence-corrected chi connectivity index (χ4v) is 0. The number of rotatable bonds is 1. The van der Waals surface area contributed by atoms with Crippen molar-refractivity contribution in [3.63, 3.8) is 0 Å². The molecule has 0 atom stereocenters. The summed E-state index contributed by atoms with van der Waals surface area (Å²) in [4.78, 5) is 0. The third kappa shape index (κ3) is 15.9. The molecular weight excluding hydrogens is 294 g/mol. The van der Waals surface area contributed by atoms with Crippen LogP contribution >= 0.6 is 18.5 Å². The molecule has 0 heterocycles. The normalized spacial score (nSPS) is 5.33. The van der Waals surface area contributed by atoms with E-state index in [1.54, 1.807) is 0 Å². The van der Waals surface area contributed by atoms with E-state index in [-0.39, 0.29) is 34.1 Å². The Kier molecular flexibility index (Phi) is 41.5. The van der Waals surface area contributed by atoms with Crippen LogP contribution in [0.25, 0.3) is 0 Å². The Balaban J connectivity index is -0.0000000450. The van der Waals surface area contributed by atoms with Gasteiger partial charge in [0.2, 0.25) is 0 Å². The van der Waals surface area contributed by atoms with Gasteiger partial charge in [-0.2, -0.15) is 0 Å². The van der Waals surface area contributed by atoms with Crippen molar-refractivity contribution in [2.45, 2.75) is 0 Å². The van der Waals surface area contributed by atoms with Crippen LogP contribution in [-0.4, -0.2) is 0 Å². The second-order valence-corrected chi connectivity index (χ2v) is 4.12. The first-order valence-corrected chi connectivity index (χ1v) is 4.87. The average Bonchev–Trinajstić information content (AvgIpc) is 1.37. The van der Waals surface area contributed by atoms with E-state index in [1.165, 1.54) is 18.5 Å². The van der Waals surface area contributed by atoms with Crippen LogP contribution in [-0.2, 0) is 63.4 Å². The molecule has 0 bridgehead atoms. The van der Waals surface area contributed by atoms with Crippen LogP contribution in [0.3, 0.4) is 0 Å². The Hall–Kier alpha value is 2.75. The van der Waals surface area contributed by atoms with Crippen LogP contribution in [0.4, 0.5) is 0 Å². The van der Waals surface area contributed by atoms with Crippen molar-refractivity contribution in [3.8, 4) is 0 Å². The molecule has 6 heteroatoms. The quantitative estimate of drug-likeness (QED) is 0.528. The Morgan fingerprint density at radius 1 is 0.833 bits per heavy atom. The Bertz CT molecular complexity index is 11.5. The van der Waals surface area contributed by atoms with Crippen LogP contribution in [0.5, 0.6) is 0 Å². The second kappa shape index (κ2) is 15.7. The van der Waals surface area contributed by atoms with Gasteiger partial charge in [-0.25, -0.2) is 0 Å². The smallest absolute Gasteiger partial charge is 0 e. The molecule has 0 rings (SSSR count). The fraction of sp³-hybridized carbons (Fsp3) is 0. The van der Waals surface area contributed by atoms with Crippen molar-refractivity contribution in [1.82, 2.24) is 0 Å². The maximum atomic E-state index is 3.76. The van der Waals surface area contributed by atoms with Gasteiger partial charge in [0.25, 0.3) is 0 Å². The predicted octanol–water partition coefficient (Wildman–Crippen LogP) is 1.29. The summed E-state index contributed by atoms with van der Waals surface area (Å²) in [6, 6.07) is 0. The predicted molar refractivity (Wildman–Crippen MR) is 15.2 cm³/mol. The topological polar surface area (TPSA) is 0 Å². The van der Waals surface area contributed by atoms with Crippen LogP contribution in [0.1, 0.15) is 0 Å². The van der Waals surface area contributed by atoms with Gasteiger partial charge in [-0.1, -0.05) is 0 Å². The third-order valence-corrected chi connectivity index (χ3v) is 2.83. The van der Waals surface area contributed by atoms with E-state index in [4.69, 9.17) is 0 Å². The van der Waals surface area contributed by atoms with Crippen molar-refractivity contribution >= 4 is 18.5 Å². The van der Waals surface area contributed by atoms with E-state index >= 15 is 0 Å². The summed E-state index contributed by atoms with van der Waals surface area (Å²) in [7, 11) is 2.64. The molecule has 46 valence electrons. The minimum absolute atomic E-state index is 0. The average molecular weight is 294 g/mol. The molecule has 0 aliphatic rings.